The van der Waals surface area contributed by atoms with Gasteiger partial charge in [-0.05, 0) is 30.9 Å². The lowest BCUT2D eigenvalue weighted by atomic mass is 9.87. The largest absolute Gasteiger partial charge is 0.408 e. The van der Waals surface area contributed by atoms with E-state index in [0.717, 1.165) is 28.3 Å². The molecule has 0 spiro atoms. The van der Waals surface area contributed by atoms with Gasteiger partial charge in [-0.15, -0.1) is 0 Å². The van der Waals surface area contributed by atoms with Crippen LogP contribution in [0.2, 0.25) is 25.7 Å². The van der Waals surface area contributed by atoms with E-state index in [-0.39, 0.29) is 12.1 Å². The zero-order valence-corrected chi connectivity index (χ0v) is 26.8. The van der Waals surface area contributed by atoms with Crippen molar-refractivity contribution in [3.8, 4) is 17.3 Å². The topological polar surface area (TPSA) is 140 Å². The van der Waals surface area contributed by atoms with Crippen molar-refractivity contribution in [1.29, 1.82) is 5.26 Å². The van der Waals surface area contributed by atoms with Crippen molar-refractivity contribution in [2.75, 3.05) is 24.6 Å². The maximum Gasteiger partial charge on any atom is 0.408 e. The molecule has 2 aliphatic rings. The van der Waals surface area contributed by atoms with Gasteiger partial charge in [0.05, 0.1) is 36.8 Å². The minimum absolute atomic E-state index is 0.183. The first kappa shape index (κ1) is 31.6. The average molecular weight is 653 g/mol. The van der Waals surface area contributed by atoms with Gasteiger partial charge in [0, 0.05) is 51.1 Å². The number of alkyl halides is 3. The van der Waals surface area contributed by atoms with Crippen LogP contribution in [0, 0.1) is 17.2 Å². The van der Waals surface area contributed by atoms with Gasteiger partial charge in [0.1, 0.15) is 41.8 Å². The first-order chi connectivity index (χ1) is 21.9. The molecule has 0 radical (unpaired) electrons. The molecular formula is C30H35F3N10O2Si. The second-order valence-electron chi connectivity index (χ2n) is 13.3. The average Bonchev–Trinajstić information content (AvgIpc) is 3.54. The number of carbonyl (C=O) groups is 1. The van der Waals surface area contributed by atoms with E-state index >= 15 is 0 Å². The first-order valence-corrected chi connectivity index (χ1v) is 18.8. The van der Waals surface area contributed by atoms with E-state index in [0.29, 0.717) is 45.1 Å². The second-order valence-corrected chi connectivity index (χ2v) is 18.9. The van der Waals surface area contributed by atoms with Crippen LogP contribution in [0.5, 0.6) is 0 Å². The highest BCUT2D eigenvalue weighted by molar-refractivity contribution is 6.76. The maximum atomic E-state index is 13.3. The number of nitrogens with one attached hydrogen (secondary N) is 1. The Labute approximate surface area is 264 Å². The summed E-state index contributed by atoms with van der Waals surface area (Å²) in [7, 11) is -1.19. The van der Waals surface area contributed by atoms with Crippen molar-refractivity contribution in [2.45, 2.75) is 69.4 Å². The normalized spacial score (nSPS) is 17.0. The highest BCUT2D eigenvalue weighted by Gasteiger charge is 2.50. The van der Waals surface area contributed by atoms with Crippen molar-refractivity contribution in [1.82, 2.24) is 39.6 Å². The molecule has 242 valence electrons. The van der Waals surface area contributed by atoms with Crippen LogP contribution < -0.4 is 10.2 Å². The molecule has 1 saturated carbocycles. The predicted octanol–water partition coefficient (Wildman–Crippen LogP) is 4.60. The van der Waals surface area contributed by atoms with Crippen LogP contribution in [0.25, 0.3) is 22.3 Å². The van der Waals surface area contributed by atoms with Crippen molar-refractivity contribution in [2.24, 2.45) is 5.92 Å². The Morgan fingerprint density at radius 1 is 1.17 bits per heavy atom. The third-order valence-corrected chi connectivity index (χ3v) is 10.1. The molecule has 12 nitrogen and oxygen atoms in total. The van der Waals surface area contributed by atoms with Crippen LogP contribution in [-0.2, 0) is 17.0 Å². The lowest BCUT2D eigenvalue weighted by Gasteiger charge is -2.49. The number of halogens is 3. The smallest absolute Gasteiger partial charge is 0.361 e. The number of hydrogen-bond donors (Lipinski definition) is 1. The fourth-order valence-electron chi connectivity index (χ4n) is 5.61. The summed E-state index contributed by atoms with van der Waals surface area (Å²) in [5, 5.41) is 17.2. The Hall–Kier alpha value is -4.36. The van der Waals surface area contributed by atoms with Crippen LogP contribution in [0.4, 0.5) is 19.0 Å². The summed E-state index contributed by atoms with van der Waals surface area (Å²) in [5.74, 6) is -1.07. The van der Waals surface area contributed by atoms with Gasteiger partial charge in [-0.1, -0.05) is 19.6 Å². The summed E-state index contributed by atoms with van der Waals surface area (Å²) in [6.45, 7) is 8.82. The van der Waals surface area contributed by atoms with Gasteiger partial charge in [-0.2, -0.15) is 23.5 Å². The number of fused-ring (bicyclic) bond motifs is 1. The van der Waals surface area contributed by atoms with Gasteiger partial charge in [0.25, 0.3) is 5.91 Å². The molecule has 1 atom stereocenters. The highest BCUT2D eigenvalue weighted by Crippen LogP contribution is 2.40. The summed E-state index contributed by atoms with van der Waals surface area (Å²) in [4.78, 5) is 31.7. The lowest BCUT2D eigenvalue weighted by Crippen LogP contribution is -2.63. The zero-order chi connectivity index (χ0) is 32.7. The minimum Gasteiger partial charge on any atom is -0.361 e. The van der Waals surface area contributed by atoms with Crippen LogP contribution in [-0.4, -0.2) is 80.2 Å². The molecule has 1 amide bonds. The van der Waals surface area contributed by atoms with E-state index in [1.807, 2.05) is 27.9 Å². The Morgan fingerprint density at radius 2 is 1.96 bits per heavy atom. The summed E-state index contributed by atoms with van der Waals surface area (Å²) in [5.41, 5.74) is 1.41. The molecule has 6 rings (SSSR count). The Morgan fingerprint density at radius 3 is 2.61 bits per heavy atom. The molecule has 1 N–H and O–H groups in total. The molecule has 1 aliphatic carbocycles. The Kier molecular flexibility index (Phi) is 8.32. The van der Waals surface area contributed by atoms with Crippen LogP contribution in [0.1, 0.15) is 29.8 Å². The molecule has 0 aromatic carbocycles. The maximum absolute atomic E-state index is 13.3. The van der Waals surface area contributed by atoms with Crippen molar-refractivity contribution in [3.05, 3.63) is 49.1 Å². The van der Waals surface area contributed by atoms with Gasteiger partial charge in [0.2, 0.25) is 0 Å². The molecule has 5 heterocycles. The Bertz CT molecular complexity index is 1750. The number of nitrogens with zero attached hydrogens (tertiary/aromatic N) is 9. The van der Waals surface area contributed by atoms with Crippen LogP contribution >= 0.6 is 0 Å². The lowest BCUT2D eigenvalue weighted by molar-refractivity contribution is -0.158. The SMILES string of the molecule is C[Si](C)(C)CCOCn1ccc2c(-c3cnn(C4(CC#N)CN(c5cnc(C(=O)N[C@@H](C6CC6)C(F)(F)F)cn5)C4)c3)ncnc21. The van der Waals surface area contributed by atoms with E-state index in [9.17, 15) is 23.2 Å². The number of anilines is 1. The van der Waals surface area contributed by atoms with Gasteiger partial charge in [-0.3, -0.25) is 9.48 Å². The second kappa shape index (κ2) is 12.1. The van der Waals surface area contributed by atoms with E-state index in [1.165, 1.54) is 18.7 Å². The first-order valence-electron chi connectivity index (χ1n) is 15.1. The summed E-state index contributed by atoms with van der Waals surface area (Å²) < 4.78 is 49.7. The molecule has 1 aliphatic heterocycles. The predicted molar refractivity (Wildman–Crippen MR) is 165 cm³/mol. The fraction of sp³-hybridized carbons (Fsp3) is 0.500. The quantitative estimate of drug-likeness (QED) is 0.172. The number of nitriles is 1. The summed E-state index contributed by atoms with van der Waals surface area (Å²) in [6, 6.07) is 3.40. The number of amides is 1. The van der Waals surface area contributed by atoms with Gasteiger partial charge >= 0.3 is 6.18 Å². The van der Waals surface area contributed by atoms with Gasteiger partial charge in [0.15, 0.2) is 0 Å². The van der Waals surface area contributed by atoms with Crippen LogP contribution in [0.15, 0.2) is 43.4 Å². The monoisotopic (exact) mass is 652 g/mol. The van der Waals surface area contributed by atoms with Crippen molar-refractivity contribution in [3.63, 3.8) is 0 Å². The summed E-state index contributed by atoms with van der Waals surface area (Å²) >= 11 is 0. The third-order valence-electron chi connectivity index (χ3n) is 8.43. The molecule has 2 fully saturated rings. The molecular weight excluding hydrogens is 617 g/mol. The van der Waals surface area contributed by atoms with Crippen molar-refractivity contribution >= 4 is 30.8 Å². The van der Waals surface area contributed by atoms with E-state index in [4.69, 9.17) is 4.74 Å². The van der Waals surface area contributed by atoms with Crippen LogP contribution in [0.3, 0.4) is 0 Å². The van der Waals surface area contributed by atoms with E-state index in [2.05, 4.69) is 56.1 Å². The highest BCUT2D eigenvalue weighted by atomic mass is 28.3. The van der Waals surface area contributed by atoms with Gasteiger partial charge < -0.3 is 19.5 Å². The molecule has 16 heteroatoms. The van der Waals surface area contributed by atoms with E-state index in [1.54, 1.807) is 10.9 Å². The number of carbonyl (C=O) groups excluding carboxylic acids is 1. The number of hydrogen-bond acceptors (Lipinski definition) is 9. The Balaban J connectivity index is 1.13. The van der Waals surface area contributed by atoms with E-state index < -0.39 is 37.7 Å². The van der Waals surface area contributed by atoms with Crippen molar-refractivity contribution < 1.29 is 22.7 Å². The third kappa shape index (κ3) is 6.61. The number of aromatic nitrogens is 7. The molecule has 46 heavy (non-hydrogen) atoms. The van der Waals surface area contributed by atoms with Gasteiger partial charge in [-0.25, -0.2) is 19.9 Å². The molecule has 4 aromatic rings. The molecule has 1 saturated heterocycles. The molecule has 0 unspecified atom stereocenters. The fourth-order valence-corrected chi connectivity index (χ4v) is 6.36. The molecule has 0 bridgehead atoms. The summed E-state index contributed by atoms with van der Waals surface area (Å²) in [6.07, 6.45) is 6.08. The number of ether oxygens (including phenoxy) is 1. The minimum atomic E-state index is -4.52. The molecule has 4 aromatic heterocycles. The zero-order valence-electron chi connectivity index (χ0n) is 25.8. The standard InChI is InChI=1S/C30H35F3N10O2Si/c1-46(2,3)11-10-45-19-41-9-6-22-25(37-18-38-27(22)41)21-12-39-43(15-21)29(7-8-34)16-42(17-29)24-14-35-23(13-36-24)28(44)40-26(20-4-5-20)30(31,32)33/h6,9,12-15,18,20,26H,4-5,7,10-11,16-17,19H2,1-3H3,(H,40,44)/t26-/m0/s1. The number of rotatable bonds is 12.